The van der Waals surface area contributed by atoms with Crippen molar-refractivity contribution in [3.05, 3.63) is 58.4 Å². The summed E-state index contributed by atoms with van der Waals surface area (Å²) >= 11 is 0. The van der Waals surface area contributed by atoms with E-state index in [1.54, 1.807) is 41.3 Å². The first kappa shape index (κ1) is 22.4. The van der Waals surface area contributed by atoms with Crippen LogP contribution in [0.15, 0.2) is 51.7 Å². The molecule has 0 unspecified atom stereocenters. The molecule has 4 heterocycles. The van der Waals surface area contributed by atoms with E-state index >= 15 is 0 Å². The lowest BCUT2D eigenvalue weighted by Gasteiger charge is -2.35. The van der Waals surface area contributed by atoms with Crippen molar-refractivity contribution >= 4 is 39.9 Å². The number of aromatic nitrogens is 3. The molecule has 0 bridgehead atoms. The lowest BCUT2D eigenvalue weighted by molar-refractivity contribution is -0.0127. The minimum Gasteiger partial charge on any atom is -0.423 e. The van der Waals surface area contributed by atoms with Crippen LogP contribution < -0.4 is 15.4 Å². The molecule has 0 aliphatic carbocycles. The lowest BCUT2D eigenvalue weighted by Crippen LogP contribution is -2.49. The van der Waals surface area contributed by atoms with Gasteiger partial charge >= 0.3 is 0 Å². The van der Waals surface area contributed by atoms with Crippen molar-refractivity contribution in [1.29, 1.82) is 0 Å². The number of halogens is 2. The Kier molecular flexibility index (Phi) is 5.35. The highest BCUT2D eigenvalue weighted by Gasteiger charge is 2.37. The topological polar surface area (TPSA) is 98.6 Å². The molecule has 186 valence electrons. The second-order valence-corrected chi connectivity index (χ2v) is 9.25. The first-order chi connectivity index (χ1) is 17.4. The van der Waals surface area contributed by atoms with E-state index < -0.39 is 12.5 Å². The smallest absolute Gasteiger partial charge is 0.298 e. The normalized spacial score (nSPS) is 18.2. The van der Waals surface area contributed by atoms with E-state index in [9.17, 15) is 18.4 Å². The number of piperidine rings is 1. The van der Waals surface area contributed by atoms with Gasteiger partial charge in [-0.25, -0.2) is 13.8 Å². The van der Waals surface area contributed by atoms with Gasteiger partial charge < -0.3 is 19.1 Å². The monoisotopic (exact) mass is 494 g/mol. The summed E-state index contributed by atoms with van der Waals surface area (Å²) in [5.41, 5.74) is 1.79. The van der Waals surface area contributed by atoms with Gasteiger partial charge in [-0.1, -0.05) is 12.1 Å². The number of fused-ring (bicyclic) bond motifs is 2. The van der Waals surface area contributed by atoms with E-state index in [0.717, 1.165) is 0 Å². The SMILES string of the molecule is O=C(c1ccc2nc(N3CCCC(F)(F)C3)oc2c1)N1CCN(c2nc3ccccc3c(=O)[nH]2)CC1. The number of aromatic amines is 1. The Hall–Kier alpha value is -4.02. The van der Waals surface area contributed by atoms with E-state index in [2.05, 4.69) is 15.0 Å². The van der Waals surface area contributed by atoms with Crippen molar-refractivity contribution in [2.75, 3.05) is 49.1 Å². The molecular formula is C25H24F2N6O3. The fraction of sp³-hybridized carbons (Fsp3) is 0.360. The van der Waals surface area contributed by atoms with E-state index in [1.165, 1.54) is 4.90 Å². The number of alkyl halides is 2. The Morgan fingerprint density at radius 2 is 1.78 bits per heavy atom. The summed E-state index contributed by atoms with van der Waals surface area (Å²) in [5, 5.41) is 0.537. The molecule has 2 aromatic carbocycles. The van der Waals surface area contributed by atoms with Crippen LogP contribution in [0.25, 0.3) is 22.0 Å². The molecule has 2 saturated heterocycles. The number of oxazole rings is 1. The Balaban J connectivity index is 1.16. The molecule has 2 aromatic heterocycles. The third-order valence-electron chi connectivity index (χ3n) is 6.75. The Labute approximate surface area is 204 Å². The molecule has 2 fully saturated rings. The number of piperazine rings is 1. The molecule has 36 heavy (non-hydrogen) atoms. The molecule has 9 nitrogen and oxygen atoms in total. The first-order valence-corrected chi connectivity index (χ1v) is 11.9. The Bertz CT molecular complexity index is 1510. The molecule has 0 spiro atoms. The highest BCUT2D eigenvalue weighted by molar-refractivity contribution is 5.97. The maximum absolute atomic E-state index is 13.8. The van der Waals surface area contributed by atoms with Crippen LogP contribution >= 0.6 is 0 Å². The molecular weight excluding hydrogens is 470 g/mol. The number of hydrogen-bond acceptors (Lipinski definition) is 7. The van der Waals surface area contributed by atoms with Gasteiger partial charge in [0.15, 0.2) is 5.58 Å². The Morgan fingerprint density at radius 3 is 2.58 bits per heavy atom. The number of amides is 1. The van der Waals surface area contributed by atoms with Crippen molar-refractivity contribution in [2.24, 2.45) is 0 Å². The summed E-state index contributed by atoms with van der Waals surface area (Å²) in [6.07, 6.45) is 0.229. The summed E-state index contributed by atoms with van der Waals surface area (Å²) in [5.74, 6) is -2.43. The van der Waals surface area contributed by atoms with Gasteiger partial charge in [0.25, 0.3) is 23.4 Å². The van der Waals surface area contributed by atoms with Crippen molar-refractivity contribution < 1.29 is 18.0 Å². The van der Waals surface area contributed by atoms with Gasteiger partial charge in [0.05, 0.1) is 17.4 Å². The second-order valence-electron chi connectivity index (χ2n) is 9.25. The fourth-order valence-electron chi connectivity index (χ4n) is 4.84. The zero-order valence-corrected chi connectivity index (χ0v) is 19.4. The zero-order chi connectivity index (χ0) is 24.9. The maximum Gasteiger partial charge on any atom is 0.298 e. The summed E-state index contributed by atoms with van der Waals surface area (Å²) in [6, 6.07) is 12.3. The molecule has 0 radical (unpaired) electrons. The fourth-order valence-corrected chi connectivity index (χ4v) is 4.84. The third-order valence-corrected chi connectivity index (χ3v) is 6.75. The van der Waals surface area contributed by atoms with Gasteiger partial charge in [-0.15, -0.1) is 0 Å². The quantitative estimate of drug-likeness (QED) is 0.467. The summed E-state index contributed by atoms with van der Waals surface area (Å²) in [6.45, 7) is 1.98. The summed E-state index contributed by atoms with van der Waals surface area (Å²) in [4.78, 5) is 42.5. The van der Waals surface area contributed by atoms with Crippen molar-refractivity contribution in [1.82, 2.24) is 19.9 Å². The second kappa shape index (κ2) is 8.58. The van der Waals surface area contributed by atoms with E-state index in [-0.39, 0.29) is 23.9 Å². The largest absolute Gasteiger partial charge is 0.423 e. The van der Waals surface area contributed by atoms with Gasteiger partial charge in [0.1, 0.15) is 5.52 Å². The average molecular weight is 495 g/mol. The number of anilines is 2. The van der Waals surface area contributed by atoms with Crippen LogP contribution in [0.2, 0.25) is 0 Å². The number of nitrogens with zero attached hydrogens (tertiary/aromatic N) is 5. The average Bonchev–Trinajstić information content (AvgIpc) is 3.31. The standard InChI is InChI=1S/C25H24F2N6O3/c26-25(27)8-3-9-33(15-25)24-29-19-7-6-16(14-20(19)36-24)22(35)31-10-12-32(13-11-31)23-28-18-5-2-1-4-17(18)21(34)30-23/h1-2,4-7,14H,3,8-13,15H2,(H,28,30,34). The van der Waals surface area contributed by atoms with E-state index in [0.29, 0.717) is 72.7 Å². The van der Waals surface area contributed by atoms with E-state index in [4.69, 9.17) is 4.42 Å². The summed E-state index contributed by atoms with van der Waals surface area (Å²) < 4.78 is 33.4. The summed E-state index contributed by atoms with van der Waals surface area (Å²) in [7, 11) is 0. The number of carbonyl (C=O) groups excluding carboxylic acids is 1. The highest BCUT2D eigenvalue weighted by Crippen LogP contribution is 2.31. The number of benzene rings is 2. The first-order valence-electron chi connectivity index (χ1n) is 11.9. The minimum atomic E-state index is -2.77. The number of nitrogens with one attached hydrogen (secondary N) is 1. The van der Waals surface area contributed by atoms with Crippen molar-refractivity contribution in [3.8, 4) is 0 Å². The predicted molar refractivity (Wildman–Crippen MR) is 131 cm³/mol. The third kappa shape index (κ3) is 4.14. The highest BCUT2D eigenvalue weighted by atomic mass is 19.3. The van der Waals surface area contributed by atoms with Crippen LogP contribution in [0.3, 0.4) is 0 Å². The zero-order valence-electron chi connectivity index (χ0n) is 19.4. The van der Waals surface area contributed by atoms with E-state index in [1.807, 2.05) is 11.0 Å². The van der Waals surface area contributed by atoms with Gasteiger partial charge in [0, 0.05) is 44.7 Å². The molecule has 6 rings (SSSR count). The Morgan fingerprint density at radius 1 is 0.972 bits per heavy atom. The molecule has 2 aliphatic rings. The number of hydrogen-bond donors (Lipinski definition) is 1. The number of carbonyl (C=O) groups is 1. The molecule has 0 atom stereocenters. The van der Waals surface area contributed by atoms with Gasteiger partial charge in [-0.2, -0.15) is 4.98 Å². The molecule has 1 N–H and O–H groups in total. The van der Waals surface area contributed by atoms with Crippen LogP contribution in [0.4, 0.5) is 20.7 Å². The molecule has 4 aromatic rings. The van der Waals surface area contributed by atoms with Gasteiger partial charge in [0.2, 0.25) is 5.95 Å². The van der Waals surface area contributed by atoms with Crippen LogP contribution in [0.5, 0.6) is 0 Å². The molecule has 2 aliphatic heterocycles. The van der Waals surface area contributed by atoms with Crippen molar-refractivity contribution in [2.45, 2.75) is 18.8 Å². The molecule has 1 amide bonds. The number of para-hydroxylation sites is 1. The van der Waals surface area contributed by atoms with Gasteiger partial charge in [-0.3, -0.25) is 14.6 Å². The molecule has 11 heteroatoms. The maximum atomic E-state index is 13.8. The van der Waals surface area contributed by atoms with Gasteiger partial charge in [-0.05, 0) is 36.8 Å². The van der Waals surface area contributed by atoms with Crippen LogP contribution in [-0.2, 0) is 0 Å². The minimum absolute atomic E-state index is 0.136. The van der Waals surface area contributed by atoms with Crippen LogP contribution in [0, 0.1) is 0 Å². The van der Waals surface area contributed by atoms with Crippen LogP contribution in [-0.4, -0.2) is 71.0 Å². The van der Waals surface area contributed by atoms with Crippen LogP contribution in [0.1, 0.15) is 23.2 Å². The van der Waals surface area contributed by atoms with Crippen molar-refractivity contribution in [3.63, 3.8) is 0 Å². The number of H-pyrrole nitrogens is 1. The lowest BCUT2D eigenvalue weighted by atomic mass is 10.1. The number of rotatable bonds is 3. The molecule has 0 saturated carbocycles. The predicted octanol–water partition coefficient (Wildman–Crippen LogP) is 3.26.